The average molecular weight is 255 g/mol. The maximum absolute atomic E-state index is 11.6. The van der Waals surface area contributed by atoms with Crippen LogP contribution in [0, 0.1) is 0 Å². The van der Waals surface area contributed by atoms with E-state index in [1.165, 1.54) is 18.3 Å². The Morgan fingerprint density at radius 3 is 2.59 bits per heavy atom. The molecule has 1 fully saturated rings. The number of carbonyl (C=O) groups is 3. The number of aromatic nitrogens is 1. The lowest BCUT2D eigenvalue weighted by Crippen LogP contribution is -2.32. The first kappa shape index (κ1) is 11.5. The second kappa shape index (κ2) is 4.50. The summed E-state index contributed by atoms with van der Waals surface area (Å²) in [7, 11) is 0. The third-order valence-corrected chi connectivity index (χ3v) is 2.46. The largest absolute Gasteiger partial charge is 0.367 e. The van der Waals surface area contributed by atoms with Crippen molar-refractivity contribution in [3.63, 3.8) is 0 Å². The summed E-state index contributed by atoms with van der Waals surface area (Å²) in [4.78, 5) is 42.4. The van der Waals surface area contributed by atoms with Crippen LogP contribution >= 0.6 is 11.6 Å². The van der Waals surface area contributed by atoms with Crippen LogP contribution in [0.2, 0.25) is 5.15 Å². The zero-order valence-corrected chi connectivity index (χ0v) is 9.31. The maximum Gasteiger partial charge on any atom is 0.367 e. The van der Waals surface area contributed by atoms with Gasteiger partial charge in [0.1, 0.15) is 5.15 Å². The van der Waals surface area contributed by atoms with Crippen LogP contribution in [0.4, 0.5) is 0 Å². The summed E-state index contributed by atoms with van der Waals surface area (Å²) in [5.74, 6) is -1.96. The third kappa shape index (κ3) is 2.26. The smallest absolute Gasteiger partial charge is 0.325 e. The molecule has 0 atom stereocenters. The predicted octanol–water partition coefficient (Wildman–Crippen LogP) is 0.956. The van der Waals surface area contributed by atoms with E-state index in [-0.39, 0.29) is 23.6 Å². The Balaban J connectivity index is 2.15. The van der Waals surface area contributed by atoms with E-state index in [0.717, 1.165) is 0 Å². The molecule has 6 nitrogen and oxygen atoms in total. The molecule has 2 rings (SSSR count). The van der Waals surface area contributed by atoms with Gasteiger partial charge in [0.25, 0.3) is 11.8 Å². The van der Waals surface area contributed by atoms with Gasteiger partial charge in [0, 0.05) is 19.0 Å². The number of amides is 2. The fourth-order valence-electron chi connectivity index (χ4n) is 1.33. The molecular weight excluding hydrogens is 248 g/mol. The van der Waals surface area contributed by atoms with E-state index >= 15 is 0 Å². The van der Waals surface area contributed by atoms with Crippen LogP contribution in [0.15, 0.2) is 18.3 Å². The summed E-state index contributed by atoms with van der Waals surface area (Å²) in [6, 6.07) is 2.89. The molecule has 1 aliphatic heterocycles. The number of hydrogen-bond donors (Lipinski definition) is 0. The van der Waals surface area contributed by atoms with Gasteiger partial charge < -0.3 is 4.84 Å². The minimum Gasteiger partial charge on any atom is -0.325 e. The van der Waals surface area contributed by atoms with Gasteiger partial charge in [0.2, 0.25) is 0 Å². The van der Waals surface area contributed by atoms with E-state index in [4.69, 9.17) is 11.6 Å². The van der Waals surface area contributed by atoms with Gasteiger partial charge in [-0.25, -0.2) is 9.78 Å². The molecule has 0 aliphatic carbocycles. The molecule has 2 amide bonds. The Bertz CT molecular complexity index is 487. The van der Waals surface area contributed by atoms with E-state index in [1.54, 1.807) is 0 Å². The summed E-state index contributed by atoms with van der Waals surface area (Å²) in [6.07, 6.45) is 1.51. The lowest BCUT2D eigenvalue weighted by atomic mass is 10.3. The Labute approximate surface area is 101 Å². The highest BCUT2D eigenvalue weighted by Gasteiger charge is 2.33. The molecule has 1 saturated heterocycles. The minimum atomic E-state index is -0.883. The van der Waals surface area contributed by atoms with Crippen molar-refractivity contribution in [3.05, 3.63) is 29.0 Å². The SMILES string of the molecule is O=C(ON1C(=O)CCC1=O)c1cccnc1Cl. The van der Waals surface area contributed by atoms with Crippen molar-refractivity contribution in [2.45, 2.75) is 12.8 Å². The maximum atomic E-state index is 11.6. The molecule has 7 heteroatoms. The van der Waals surface area contributed by atoms with Gasteiger partial charge in [-0.15, -0.1) is 5.06 Å². The van der Waals surface area contributed by atoms with E-state index in [9.17, 15) is 14.4 Å². The number of hydroxylamine groups is 2. The second-order valence-electron chi connectivity index (χ2n) is 3.30. The molecular formula is C10H7ClN2O4. The molecule has 1 aliphatic rings. The second-order valence-corrected chi connectivity index (χ2v) is 3.66. The molecule has 0 bridgehead atoms. The quantitative estimate of drug-likeness (QED) is 0.580. The highest BCUT2D eigenvalue weighted by molar-refractivity contribution is 6.32. The van der Waals surface area contributed by atoms with Crippen molar-refractivity contribution in [1.82, 2.24) is 10.0 Å². The van der Waals surface area contributed by atoms with Gasteiger partial charge in [0.05, 0.1) is 5.56 Å². The predicted molar refractivity (Wildman–Crippen MR) is 55.7 cm³/mol. The molecule has 2 heterocycles. The van der Waals surface area contributed by atoms with Crippen molar-refractivity contribution in [2.24, 2.45) is 0 Å². The van der Waals surface area contributed by atoms with E-state index < -0.39 is 17.8 Å². The summed E-state index contributed by atoms with van der Waals surface area (Å²) in [5.41, 5.74) is 0.00154. The first-order valence-corrected chi connectivity index (χ1v) is 5.16. The van der Waals surface area contributed by atoms with Gasteiger partial charge in [0.15, 0.2) is 0 Å². The minimum absolute atomic E-state index is 0.00154. The molecule has 1 aromatic rings. The normalized spacial score (nSPS) is 15.2. The Hall–Kier alpha value is -1.95. The Morgan fingerprint density at radius 1 is 1.35 bits per heavy atom. The van der Waals surface area contributed by atoms with Crippen LogP contribution in [-0.2, 0) is 14.4 Å². The van der Waals surface area contributed by atoms with Crippen molar-refractivity contribution >= 4 is 29.4 Å². The summed E-state index contributed by atoms with van der Waals surface area (Å²) in [5, 5.41) is 0.419. The third-order valence-electron chi connectivity index (χ3n) is 2.16. The molecule has 0 N–H and O–H groups in total. The van der Waals surface area contributed by atoms with Crippen molar-refractivity contribution in [3.8, 4) is 0 Å². The van der Waals surface area contributed by atoms with E-state index in [1.807, 2.05) is 0 Å². The lowest BCUT2D eigenvalue weighted by Gasteiger charge is -2.12. The van der Waals surface area contributed by atoms with Crippen LogP contribution in [0.3, 0.4) is 0 Å². The first-order valence-electron chi connectivity index (χ1n) is 4.78. The van der Waals surface area contributed by atoms with Gasteiger partial charge in [-0.2, -0.15) is 0 Å². The topological polar surface area (TPSA) is 76.6 Å². The van der Waals surface area contributed by atoms with Crippen molar-refractivity contribution in [2.75, 3.05) is 0 Å². The monoisotopic (exact) mass is 254 g/mol. The molecule has 88 valence electrons. The molecule has 0 radical (unpaired) electrons. The van der Waals surface area contributed by atoms with Crippen LogP contribution in [0.5, 0.6) is 0 Å². The van der Waals surface area contributed by atoms with E-state index in [0.29, 0.717) is 5.06 Å². The number of carbonyl (C=O) groups excluding carboxylic acids is 3. The fourth-order valence-corrected chi connectivity index (χ4v) is 1.52. The van der Waals surface area contributed by atoms with Gasteiger partial charge >= 0.3 is 5.97 Å². The standard InChI is InChI=1S/C10H7ClN2O4/c11-9-6(2-1-5-12-9)10(16)17-13-7(14)3-4-8(13)15/h1-2,5H,3-4H2. The molecule has 1 aromatic heterocycles. The first-order chi connectivity index (χ1) is 8.09. The molecule has 17 heavy (non-hydrogen) atoms. The van der Waals surface area contributed by atoms with Crippen LogP contribution in [0.1, 0.15) is 23.2 Å². The summed E-state index contributed by atoms with van der Waals surface area (Å²) < 4.78 is 0. The van der Waals surface area contributed by atoms with Crippen molar-refractivity contribution in [1.29, 1.82) is 0 Å². The zero-order chi connectivity index (χ0) is 12.4. The zero-order valence-electron chi connectivity index (χ0n) is 8.55. The molecule has 0 spiro atoms. The Kier molecular flexibility index (Phi) is 3.06. The van der Waals surface area contributed by atoms with Crippen LogP contribution in [-0.4, -0.2) is 27.8 Å². The molecule has 0 aromatic carbocycles. The summed E-state index contributed by atoms with van der Waals surface area (Å²) in [6.45, 7) is 0. The number of hydrogen-bond acceptors (Lipinski definition) is 5. The van der Waals surface area contributed by atoms with Crippen molar-refractivity contribution < 1.29 is 19.2 Å². The van der Waals surface area contributed by atoms with Crippen LogP contribution in [0.25, 0.3) is 0 Å². The van der Waals surface area contributed by atoms with Crippen LogP contribution < -0.4 is 0 Å². The molecule has 0 unspecified atom stereocenters. The van der Waals surface area contributed by atoms with Gasteiger partial charge in [-0.3, -0.25) is 9.59 Å². The number of imide groups is 1. The average Bonchev–Trinajstić information content (AvgIpc) is 2.61. The van der Waals surface area contributed by atoms with E-state index in [2.05, 4.69) is 9.82 Å². The number of halogens is 1. The molecule has 0 saturated carbocycles. The summed E-state index contributed by atoms with van der Waals surface area (Å²) >= 11 is 5.68. The van der Waals surface area contributed by atoms with Gasteiger partial charge in [-0.1, -0.05) is 11.6 Å². The number of pyridine rings is 1. The lowest BCUT2D eigenvalue weighted by molar-refractivity contribution is -0.172. The highest BCUT2D eigenvalue weighted by atomic mass is 35.5. The Morgan fingerprint density at radius 2 is 2.00 bits per heavy atom. The highest BCUT2D eigenvalue weighted by Crippen LogP contribution is 2.17. The number of rotatable bonds is 2. The number of nitrogens with zero attached hydrogens (tertiary/aromatic N) is 2. The fraction of sp³-hybridized carbons (Fsp3) is 0.200. The van der Waals surface area contributed by atoms with Gasteiger partial charge in [-0.05, 0) is 12.1 Å².